The van der Waals surface area contributed by atoms with Crippen molar-refractivity contribution < 1.29 is 19.1 Å². The fourth-order valence-corrected chi connectivity index (χ4v) is 1.97. The lowest BCUT2D eigenvalue weighted by Gasteiger charge is -2.22. The van der Waals surface area contributed by atoms with Crippen LogP contribution in [0, 0.1) is 0 Å². The van der Waals surface area contributed by atoms with Crippen LogP contribution >= 0.6 is 0 Å². The third-order valence-electron chi connectivity index (χ3n) is 3.02. The molecule has 0 spiro atoms. The molecule has 0 aromatic rings. The van der Waals surface area contributed by atoms with Crippen molar-refractivity contribution in [3.63, 3.8) is 0 Å². The first-order chi connectivity index (χ1) is 9.06. The first-order valence-corrected chi connectivity index (χ1v) is 6.55. The first-order valence-electron chi connectivity index (χ1n) is 6.55. The van der Waals surface area contributed by atoms with Gasteiger partial charge >= 0.3 is 6.09 Å². The Morgan fingerprint density at radius 1 is 1.42 bits per heavy atom. The molecule has 0 aromatic carbocycles. The van der Waals surface area contributed by atoms with Crippen molar-refractivity contribution >= 4 is 17.9 Å². The Hall–Kier alpha value is -1.79. The lowest BCUT2D eigenvalue weighted by Crippen LogP contribution is -2.47. The predicted octanol–water partition coefficient (Wildman–Crippen LogP) is -0.0110. The Kier molecular flexibility index (Phi) is 6.11. The zero-order chi connectivity index (χ0) is 14.3. The summed E-state index contributed by atoms with van der Waals surface area (Å²) in [4.78, 5) is 35.7. The molecule has 3 amide bonds. The molecule has 0 aliphatic carbocycles. The monoisotopic (exact) mass is 271 g/mol. The highest BCUT2D eigenvalue weighted by atomic mass is 16.5. The van der Waals surface area contributed by atoms with E-state index in [1.807, 2.05) is 6.92 Å². The van der Waals surface area contributed by atoms with Crippen LogP contribution in [0.3, 0.4) is 0 Å². The Balaban J connectivity index is 2.30. The van der Waals surface area contributed by atoms with E-state index in [4.69, 9.17) is 10.5 Å². The zero-order valence-corrected chi connectivity index (χ0v) is 11.2. The average molecular weight is 271 g/mol. The standard InChI is InChI=1S/C12H21N3O4/c1-2-3-7-19-12(18)14-8-10(16)15-6-4-5-9(15)11(13)17/h9H,2-8H2,1H3,(H2,13,17)(H,14,18). The summed E-state index contributed by atoms with van der Waals surface area (Å²) in [6.07, 6.45) is 2.44. The summed E-state index contributed by atoms with van der Waals surface area (Å²) in [6, 6.07) is -0.551. The van der Waals surface area contributed by atoms with Crippen LogP contribution in [-0.2, 0) is 14.3 Å². The van der Waals surface area contributed by atoms with Crippen molar-refractivity contribution in [3.05, 3.63) is 0 Å². The molecule has 0 saturated carbocycles. The molecule has 3 N–H and O–H groups in total. The fourth-order valence-electron chi connectivity index (χ4n) is 1.97. The summed E-state index contributed by atoms with van der Waals surface area (Å²) in [5.74, 6) is -0.815. The van der Waals surface area contributed by atoms with Gasteiger partial charge in [0.15, 0.2) is 0 Å². The molecule has 1 fully saturated rings. The van der Waals surface area contributed by atoms with Gasteiger partial charge in [0, 0.05) is 6.54 Å². The quantitative estimate of drug-likeness (QED) is 0.663. The van der Waals surface area contributed by atoms with Gasteiger partial charge in [0.05, 0.1) is 6.61 Å². The number of carbonyl (C=O) groups excluding carboxylic acids is 3. The highest BCUT2D eigenvalue weighted by Crippen LogP contribution is 2.16. The molecule has 1 heterocycles. The lowest BCUT2D eigenvalue weighted by molar-refractivity contribution is -0.136. The van der Waals surface area contributed by atoms with Gasteiger partial charge in [-0.1, -0.05) is 13.3 Å². The van der Waals surface area contributed by atoms with Crippen molar-refractivity contribution in [1.82, 2.24) is 10.2 Å². The highest BCUT2D eigenvalue weighted by Gasteiger charge is 2.32. The number of likely N-dealkylation sites (tertiary alicyclic amines) is 1. The molecule has 1 aliphatic heterocycles. The Morgan fingerprint density at radius 2 is 2.16 bits per heavy atom. The maximum atomic E-state index is 11.8. The van der Waals surface area contributed by atoms with Crippen molar-refractivity contribution in [2.45, 2.75) is 38.6 Å². The van der Waals surface area contributed by atoms with Gasteiger partial charge in [-0.2, -0.15) is 0 Å². The van der Waals surface area contributed by atoms with Crippen LogP contribution in [0.1, 0.15) is 32.6 Å². The maximum Gasteiger partial charge on any atom is 0.407 e. The summed E-state index contributed by atoms with van der Waals surface area (Å²) in [5.41, 5.74) is 5.22. The Morgan fingerprint density at radius 3 is 2.79 bits per heavy atom. The van der Waals surface area contributed by atoms with Crippen LogP contribution in [-0.4, -0.2) is 48.5 Å². The van der Waals surface area contributed by atoms with Gasteiger partial charge in [-0.05, 0) is 19.3 Å². The zero-order valence-electron chi connectivity index (χ0n) is 11.2. The number of hydrogen-bond acceptors (Lipinski definition) is 4. The minimum absolute atomic E-state index is 0.172. The van der Waals surface area contributed by atoms with E-state index < -0.39 is 18.0 Å². The van der Waals surface area contributed by atoms with E-state index in [1.54, 1.807) is 0 Å². The number of nitrogens with zero attached hydrogens (tertiary/aromatic N) is 1. The summed E-state index contributed by atoms with van der Waals surface area (Å²) in [5, 5.41) is 2.37. The topological polar surface area (TPSA) is 102 Å². The summed E-state index contributed by atoms with van der Waals surface area (Å²) >= 11 is 0. The maximum absolute atomic E-state index is 11.8. The van der Waals surface area contributed by atoms with Gasteiger partial charge in [-0.15, -0.1) is 0 Å². The summed E-state index contributed by atoms with van der Waals surface area (Å²) < 4.78 is 4.86. The van der Waals surface area contributed by atoms with E-state index in [1.165, 1.54) is 4.90 Å². The second-order valence-corrected chi connectivity index (χ2v) is 4.49. The van der Waals surface area contributed by atoms with Gasteiger partial charge in [0.25, 0.3) is 0 Å². The van der Waals surface area contributed by atoms with Crippen molar-refractivity contribution in [1.29, 1.82) is 0 Å². The molecule has 0 bridgehead atoms. The van der Waals surface area contributed by atoms with Gasteiger partial charge in [0.1, 0.15) is 12.6 Å². The lowest BCUT2D eigenvalue weighted by atomic mass is 10.2. The number of primary amides is 1. The molecule has 1 rings (SSSR count). The normalized spacial score (nSPS) is 18.2. The molecule has 0 radical (unpaired) electrons. The molecule has 1 aliphatic rings. The second-order valence-electron chi connectivity index (χ2n) is 4.49. The summed E-state index contributed by atoms with van der Waals surface area (Å²) in [7, 11) is 0. The van der Waals surface area contributed by atoms with Crippen molar-refractivity contribution in [3.8, 4) is 0 Å². The van der Waals surface area contributed by atoms with Crippen LogP contribution in [0.4, 0.5) is 4.79 Å². The van der Waals surface area contributed by atoms with Crippen molar-refractivity contribution in [2.24, 2.45) is 5.73 Å². The molecular weight excluding hydrogens is 250 g/mol. The molecule has 7 nitrogen and oxygen atoms in total. The molecule has 1 saturated heterocycles. The van der Waals surface area contributed by atoms with E-state index in [9.17, 15) is 14.4 Å². The molecular formula is C12H21N3O4. The van der Waals surface area contributed by atoms with Gasteiger partial charge in [-0.25, -0.2) is 4.79 Å². The number of ether oxygens (including phenoxy) is 1. The van der Waals surface area contributed by atoms with E-state index in [0.29, 0.717) is 19.6 Å². The SMILES string of the molecule is CCCCOC(=O)NCC(=O)N1CCCC1C(N)=O. The second kappa shape index (κ2) is 7.60. The van der Waals surface area contributed by atoms with Crippen molar-refractivity contribution in [2.75, 3.05) is 19.7 Å². The van der Waals surface area contributed by atoms with Crippen LogP contribution < -0.4 is 11.1 Å². The molecule has 0 aromatic heterocycles. The number of nitrogens with two attached hydrogens (primary N) is 1. The minimum atomic E-state index is -0.614. The van der Waals surface area contributed by atoms with Crippen LogP contribution in [0.25, 0.3) is 0 Å². The Bertz CT molecular complexity index is 346. The van der Waals surface area contributed by atoms with E-state index in [2.05, 4.69) is 5.32 Å². The van der Waals surface area contributed by atoms with E-state index >= 15 is 0 Å². The number of rotatable bonds is 6. The minimum Gasteiger partial charge on any atom is -0.450 e. The van der Waals surface area contributed by atoms with Gasteiger partial charge in [0.2, 0.25) is 11.8 Å². The van der Waals surface area contributed by atoms with E-state index in [-0.39, 0.29) is 12.5 Å². The number of hydrogen-bond donors (Lipinski definition) is 2. The molecule has 7 heteroatoms. The number of nitrogens with one attached hydrogen (secondary N) is 1. The van der Waals surface area contributed by atoms with Gasteiger partial charge < -0.3 is 20.7 Å². The van der Waals surface area contributed by atoms with Gasteiger partial charge in [-0.3, -0.25) is 9.59 Å². The van der Waals surface area contributed by atoms with Crippen LogP contribution in [0.5, 0.6) is 0 Å². The number of amides is 3. The number of carbonyl (C=O) groups is 3. The largest absolute Gasteiger partial charge is 0.450 e. The average Bonchev–Trinajstić information content (AvgIpc) is 2.85. The fraction of sp³-hybridized carbons (Fsp3) is 0.750. The molecule has 108 valence electrons. The molecule has 1 atom stereocenters. The van der Waals surface area contributed by atoms with Crippen LogP contribution in [0.2, 0.25) is 0 Å². The predicted molar refractivity (Wildman–Crippen MR) is 68.2 cm³/mol. The highest BCUT2D eigenvalue weighted by molar-refractivity contribution is 5.89. The smallest absolute Gasteiger partial charge is 0.407 e. The van der Waals surface area contributed by atoms with Crippen LogP contribution in [0.15, 0.2) is 0 Å². The number of unbranched alkanes of at least 4 members (excludes halogenated alkanes) is 1. The molecule has 19 heavy (non-hydrogen) atoms. The summed E-state index contributed by atoms with van der Waals surface area (Å²) in [6.45, 7) is 2.65. The first kappa shape index (κ1) is 15.3. The number of alkyl carbamates (subject to hydrolysis) is 1. The van der Waals surface area contributed by atoms with E-state index in [0.717, 1.165) is 19.3 Å². The third kappa shape index (κ3) is 4.76. The third-order valence-corrected chi connectivity index (χ3v) is 3.02. The Labute approximate surface area is 112 Å². The molecule has 1 unspecified atom stereocenters.